The Morgan fingerprint density at radius 3 is 2.00 bits per heavy atom. The van der Waals surface area contributed by atoms with Gasteiger partial charge in [0.15, 0.2) is 0 Å². The van der Waals surface area contributed by atoms with E-state index in [1.54, 1.807) is 11.1 Å². The molecule has 124 valence electrons. The van der Waals surface area contributed by atoms with E-state index >= 15 is 0 Å². The number of hydrogen-bond acceptors (Lipinski definition) is 1. The first kappa shape index (κ1) is 14.9. The second kappa shape index (κ2) is 5.86. The standard InChI is InChI=1S/C24H23N/c1-2-8-19(9-3-1)17-25-15-14-24(18-25)22-12-6-4-10-20(22)16-21-11-5-7-13-23(21)24/h1-13H,14-18H2. The molecule has 3 aromatic rings. The van der Waals surface area contributed by atoms with Crippen molar-refractivity contribution in [2.24, 2.45) is 0 Å². The number of hydrogen-bond donors (Lipinski definition) is 0. The fraction of sp³-hybridized carbons (Fsp3) is 0.250. The zero-order valence-corrected chi connectivity index (χ0v) is 14.5. The summed E-state index contributed by atoms with van der Waals surface area (Å²) < 4.78 is 0. The van der Waals surface area contributed by atoms with E-state index in [0.29, 0.717) is 0 Å². The lowest BCUT2D eigenvalue weighted by molar-refractivity contribution is 0.313. The summed E-state index contributed by atoms with van der Waals surface area (Å²) in [5, 5.41) is 0. The van der Waals surface area contributed by atoms with E-state index in [1.807, 2.05) is 0 Å². The van der Waals surface area contributed by atoms with Crippen molar-refractivity contribution in [3.8, 4) is 0 Å². The maximum Gasteiger partial charge on any atom is 0.0347 e. The van der Waals surface area contributed by atoms with E-state index in [2.05, 4.69) is 83.8 Å². The van der Waals surface area contributed by atoms with Crippen LogP contribution in [-0.2, 0) is 18.4 Å². The first-order chi connectivity index (χ1) is 12.4. The van der Waals surface area contributed by atoms with Gasteiger partial charge in [-0.15, -0.1) is 0 Å². The third-order valence-corrected chi connectivity index (χ3v) is 6.04. The van der Waals surface area contributed by atoms with Crippen LogP contribution in [0.5, 0.6) is 0 Å². The molecular weight excluding hydrogens is 302 g/mol. The molecule has 5 rings (SSSR count). The third kappa shape index (κ3) is 2.42. The lowest BCUT2D eigenvalue weighted by Crippen LogP contribution is -2.36. The van der Waals surface area contributed by atoms with Gasteiger partial charge in [-0.2, -0.15) is 0 Å². The van der Waals surface area contributed by atoms with Crippen LogP contribution in [0.1, 0.15) is 34.2 Å². The molecule has 1 heterocycles. The number of rotatable bonds is 2. The summed E-state index contributed by atoms with van der Waals surface area (Å²) in [7, 11) is 0. The molecule has 1 fully saturated rings. The van der Waals surface area contributed by atoms with Gasteiger partial charge >= 0.3 is 0 Å². The average Bonchev–Trinajstić information content (AvgIpc) is 3.07. The van der Waals surface area contributed by atoms with Crippen LogP contribution in [-0.4, -0.2) is 18.0 Å². The Hall–Kier alpha value is -2.38. The first-order valence-corrected chi connectivity index (χ1v) is 9.28. The predicted molar refractivity (Wildman–Crippen MR) is 103 cm³/mol. The van der Waals surface area contributed by atoms with Crippen LogP contribution in [0.25, 0.3) is 0 Å². The molecule has 0 unspecified atom stereocenters. The Balaban J connectivity index is 1.55. The fourth-order valence-corrected chi connectivity index (χ4v) is 4.94. The molecule has 1 spiro atoms. The normalized spacial score (nSPS) is 18.1. The molecule has 0 amide bonds. The zero-order valence-electron chi connectivity index (χ0n) is 14.5. The monoisotopic (exact) mass is 325 g/mol. The second-order valence-electron chi connectivity index (χ2n) is 7.52. The summed E-state index contributed by atoms with van der Waals surface area (Å²) in [6.45, 7) is 3.33. The van der Waals surface area contributed by atoms with E-state index in [4.69, 9.17) is 0 Å². The van der Waals surface area contributed by atoms with Gasteiger partial charge in [-0.3, -0.25) is 4.90 Å². The van der Waals surface area contributed by atoms with Crippen molar-refractivity contribution in [2.75, 3.05) is 13.1 Å². The van der Waals surface area contributed by atoms with E-state index in [9.17, 15) is 0 Å². The van der Waals surface area contributed by atoms with Gasteiger partial charge < -0.3 is 0 Å². The molecule has 0 bridgehead atoms. The van der Waals surface area contributed by atoms with Crippen molar-refractivity contribution >= 4 is 0 Å². The van der Waals surface area contributed by atoms with Crippen LogP contribution in [0.3, 0.4) is 0 Å². The van der Waals surface area contributed by atoms with Crippen molar-refractivity contribution in [2.45, 2.75) is 24.8 Å². The van der Waals surface area contributed by atoms with Crippen LogP contribution in [0.15, 0.2) is 78.9 Å². The van der Waals surface area contributed by atoms with Crippen molar-refractivity contribution in [1.82, 2.24) is 4.90 Å². The lowest BCUT2D eigenvalue weighted by Gasteiger charge is -2.38. The number of nitrogens with zero attached hydrogens (tertiary/aromatic N) is 1. The molecule has 0 N–H and O–H groups in total. The van der Waals surface area contributed by atoms with Crippen LogP contribution in [0.4, 0.5) is 0 Å². The lowest BCUT2D eigenvalue weighted by atomic mass is 9.66. The van der Waals surface area contributed by atoms with Gasteiger partial charge in [0.2, 0.25) is 0 Å². The molecule has 1 saturated heterocycles. The summed E-state index contributed by atoms with van der Waals surface area (Å²) >= 11 is 0. The highest BCUT2D eigenvalue weighted by Crippen LogP contribution is 2.47. The average molecular weight is 325 g/mol. The van der Waals surface area contributed by atoms with Gasteiger partial charge in [0, 0.05) is 18.5 Å². The van der Waals surface area contributed by atoms with E-state index in [-0.39, 0.29) is 5.41 Å². The minimum Gasteiger partial charge on any atom is -0.298 e. The molecule has 0 saturated carbocycles. The quantitative estimate of drug-likeness (QED) is 0.655. The third-order valence-electron chi connectivity index (χ3n) is 6.04. The maximum absolute atomic E-state index is 2.63. The second-order valence-corrected chi connectivity index (χ2v) is 7.52. The maximum atomic E-state index is 2.63. The number of benzene rings is 3. The minimum absolute atomic E-state index is 0.167. The molecule has 3 aromatic carbocycles. The number of fused-ring (bicyclic) bond motifs is 4. The molecule has 0 atom stereocenters. The van der Waals surface area contributed by atoms with Crippen LogP contribution in [0, 0.1) is 0 Å². The Labute approximate surface area is 149 Å². The number of likely N-dealkylation sites (tertiary alicyclic amines) is 1. The van der Waals surface area contributed by atoms with Gasteiger partial charge in [-0.05, 0) is 47.2 Å². The smallest absolute Gasteiger partial charge is 0.0347 e. The zero-order chi connectivity index (χ0) is 16.7. The Kier molecular flexibility index (Phi) is 3.50. The SMILES string of the molecule is c1ccc(CN2CCC3(C2)c2ccccc2Cc2ccccc23)cc1. The topological polar surface area (TPSA) is 3.24 Å². The summed E-state index contributed by atoms with van der Waals surface area (Å²) in [4.78, 5) is 2.63. The molecule has 2 aliphatic rings. The van der Waals surface area contributed by atoms with Gasteiger partial charge in [0.05, 0.1) is 0 Å². The van der Waals surface area contributed by atoms with Crippen molar-refractivity contribution in [3.63, 3.8) is 0 Å². The predicted octanol–water partition coefficient (Wildman–Crippen LogP) is 4.78. The largest absolute Gasteiger partial charge is 0.298 e. The highest BCUT2D eigenvalue weighted by molar-refractivity contribution is 5.54. The fourth-order valence-electron chi connectivity index (χ4n) is 4.94. The minimum atomic E-state index is 0.167. The van der Waals surface area contributed by atoms with Gasteiger partial charge in [0.1, 0.15) is 0 Å². The molecular formula is C24H23N. The first-order valence-electron chi connectivity index (χ1n) is 9.28. The van der Waals surface area contributed by atoms with Crippen LogP contribution < -0.4 is 0 Å². The molecule has 0 aromatic heterocycles. The summed E-state index contributed by atoms with van der Waals surface area (Å²) in [5.74, 6) is 0. The highest BCUT2D eigenvalue weighted by Gasteiger charge is 2.45. The highest BCUT2D eigenvalue weighted by atomic mass is 15.2. The Morgan fingerprint density at radius 1 is 0.720 bits per heavy atom. The van der Waals surface area contributed by atoms with Crippen molar-refractivity contribution in [1.29, 1.82) is 0 Å². The van der Waals surface area contributed by atoms with Crippen molar-refractivity contribution < 1.29 is 0 Å². The Bertz CT molecular complexity index is 851. The summed E-state index contributed by atoms with van der Waals surface area (Å²) in [6.07, 6.45) is 2.29. The van der Waals surface area contributed by atoms with E-state index in [0.717, 1.165) is 26.1 Å². The molecule has 1 aliphatic heterocycles. The van der Waals surface area contributed by atoms with Gasteiger partial charge in [-0.1, -0.05) is 78.9 Å². The van der Waals surface area contributed by atoms with E-state index < -0.39 is 0 Å². The van der Waals surface area contributed by atoms with Crippen molar-refractivity contribution in [3.05, 3.63) is 107 Å². The summed E-state index contributed by atoms with van der Waals surface area (Å²) in [6, 6.07) is 29.1. The summed E-state index contributed by atoms with van der Waals surface area (Å²) in [5.41, 5.74) is 7.73. The van der Waals surface area contributed by atoms with Gasteiger partial charge in [-0.25, -0.2) is 0 Å². The molecule has 1 aliphatic carbocycles. The molecule has 1 heteroatoms. The molecule has 1 nitrogen and oxygen atoms in total. The van der Waals surface area contributed by atoms with E-state index in [1.165, 1.54) is 23.1 Å². The van der Waals surface area contributed by atoms with Crippen LogP contribution >= 0.6 is 0 Å². The van der Waals surface area contributed by atoms with Crippen LogP contribution in [0.2, 0.25) is 0 Å². The molecule has 25 heavy (non-hydrogen) atoms. The van der Waals surface area contributed by atoms with Gasteiger partial charge in [0.25, 0.3) is 0 Å². The Morgan fingerprint density at radius 2 is 1.32 bits per heavy atom. The molecule has 0 radical (unpaired) electrons.